The molecule has 0 radical (unpaired) electrons. The number of hydrogen-bond acceptors (Lipinski definition) is 9. The van der Waals surface area contributed by atoms with Gasteiger partial charge in [-0.15, -0.1) is 0 Å². The second-order valence-electron chi connectivity index (χ2n) is 10.5. The number of amides is 2. The fraction of sp³-hybridized carbons (Fsp3) is 0.303. The first-order valence-electron chi connectivity index (χ1n) is 14.4. The van der Waals surface area contributed by atoms with E-state index in [0.717, 1.165) is 36.9 Å². The van der Waals surface area contributed by atoms with Gasteiger partial charge in [-0.3, -0.25) is 19.5 Å². The number of piperidine rings is 1. The first-order valence-corrected chi connectivity index (χ1v) is 14.4. The summed E-state index contributed by atoms with van der Waals surface area (Å²) in [6.45, 7) is 2.41. The Kier molecular flexibility index (Phi) is 9.83. The molecule has 0 saturated carbocycles. The summed E-state index contributed by atoms with van der Waals surface area (Å²) in [6, 6.07) is 14.1. The summed E-state index contributed by atoms with van der Waals surface area (Å²) in [6.07, 6.45) is 3.64. The zero-order valence-electron chi connectivity index (χ0n) is 25.3. The molecule has 0 aliphatic carbocycles. The summed E-state index contributed by atoms with van der Waals surface area (Å²) in [5.41, 5.74) is 6.58. The van der Waals surface area contributed by atoms with Crippen molar-refractivity contribution in [1.29, 1.82) is 0 Å². The van der Waals surface area contributed by atoms with Crippen molar-refractivity contribution >= 4 is 28.4 Å². The van der Waals surface area contributed by atoms with E-state index in [1.165, 1.54) is 26.4 Å². The Morgan fingerprint density at radius 1 is 0.911 bits per heavy atom. The standard InChI is InChI=1S/C33H35FN4O7/c1-41-23-12-21(13-24(15-23)42-2)18-38(33(40)32(35)39)22-4-5-29(26(34)14-22)45-28-8-11-37-27-17-31(30(43-3)16-25(27)28)44-19-20-6-9-36-10-7-20/h4-5,8,11-17,20,36H,6-7,9-10,18-19H2,1-3H3,(H2,35,39). The summed E-state index contributed by atoms with van der Waals surface area (Å²) < 4.78 is 43.8. The largest absolute Gasteiger partial charge is 0.497 e. The molecule has 1 fully saturated rings. The van der Waals surface area contributed by atoms with E-state index in [1.807, 2.05) is 0 Å². The van der Waals surface area contributed by atoms with E-state index in [4.69, 9.17) is 29.4 Å². The van der Waals surface area contributed by atoms with Gasteiger partial charge in [-0.25, -0.2) is 4.39 Å². The molecule has 0 spiro atoms. The Labute approximate surface area is 260 Å². The van der Waals surface area contributed by atoms with Crippen LogP contribution in [0.1, 0.15) is 18.4 Å². The van der Waals surface area contributed by atoms with Crippen molar-refractivity contribution in [2.45, 2.75) is 19.4 Å². The van der Waals surface area contributed by atoms with Crippen molar-refractivity contribution in [2.24, 2.45) is 11.7 Å². The Morgan fingerprint density at radius 3 is 2.29 bits per heavy atom. The third kappa shape index (κ3) is 7.35. The number of pyridine rings is 1. The normalized spacial score (nSPS) is 13.2. The first-order chi connectivity index (χ1) is 21.8. The van der Waals surface area contributed by atoms with Gasteiger partial charge in [0.15, 0.2) is 23.1 Å². The van der Waals surface area contributed by atoms with Crippen LogP contribution in [0.15, 0.2) is 60.8 Å². The molecule has 12 heteroatoms. The highest BCUT2D eigenvalue weighted by molar-refractivity contribution is 6.39. The molecule has 3 aromatic carbocycles. The van der Waals surface area contributed by atoms with Crippen LogP contribution in [-0.4, -0.2) is 57.8 Å². The Hall–Kier alpha value is -5.10. The summed E-state index contributed by atoms with van der Waals surface area (Å²) >= 11 is 0. The predicted octanol–water partition coefficient (Wildman–Crippen LogP) is 4.59. The van der Waals surface area contributed by atoms with E-state index in [2.05, 4.69) is 10.3 Å². The summed E-state index contributed by atoms with van der Waals surface area (Å²) in [5.74, 6) is -0.271. The summed E-state index contributed by atoms with van der Waals surface area (Å²) in [5, 5.41) is 3.94. The average molecular weight is 619 g/mol. The minimum absolute atomic E-state index is 0.0993. The number of ether oxygens (including phenoxy) is 5. The lowest BCUT2D eigenvalue weighted by molar-refractivity contribution is -0.135. The highest BCUT2D eigenvalue weighted by atomic mass is 19.1. The number of benzene rings is 3. The maximum absolute atomic E-state index is 15.5. The number of fused-ring (bicyclic) bond motifs is 1. The molecular formula is C33H35FN4O7. The van der Waals surface area contributed by atoms with Gasteiger partial charge in [0.05, 0.1) is 40.0 Å². The van der Waals surface area contributed by atoms with Crippen LogP contribution in [0.25, 0.3) is 10.9 Å². The fourth-order valence-electron chi connectivity index (χ4n) is 5.16. The van der Waals surface area contributed by atoms with Crippen LogP contribution in [0.2, 0.25) is 0 Å². The Bertz CT molecular complexity index is 1670. The molecule has 1 aliphatic rings. The number of primary amides is 1. The van der Waals surface area contributed by atoms with Gasteiger partial charge >= 0.3 is 11.8 Å². The number of nitrogens with one attached hydrogen (secondary N) is 1. The lowest BCUT2D eigenvalue weighted by atomic mass is 9.99. The summed E-state index contributed by atoms with van der Waals surface area (Å²) in [4.78, 5) is 30.2. The zero-order valence-corrected chi connectivity index (χ0v) is 25.3. The molecule has 0 unspecified atom stereocenters. The molecule has 0 atom stereocenters. The zero-order chi connectivity index (χ0) is 31.9. The van der Waals surface area contributed by atoms with E-state index < -0.39 is 17.6 Å². The maximum atomic E-state index is 15.5. The molecule has 1 aromatic heterocycles. The van der Waals surface area contributed by atoms with Crippen LogP contribution in [0.3, 0.4) is 0 Å². The van der Waals surface area contributed by atoms with Crippen LogP contribution >= 0.6 is 0 Å². The molecule has 4 aromatic rings. The number of carbonyl (C=O) groups excluding carboxylic acids is 2. The molecule has 0 bridgehead atoms. The van der Waals surface area contributed by atoms with Gasteiger partial charge in [-0.1, -0.05) is 0 Å². The van der Waals surface area contributed by atoms with Gasteiger partial charge in [-0.05, 0) is 73.8 Å². The highest BCUT2D eigenvalue weighted by Gasteiger charge is 2.24. The molecule has 1 saturated heterocycles. The van der Waals surface area contributed by atoms with E-state index >= 15 is 4.39 Å². The number of nitrogens with two attached hydrogens (primary N) is 1. The second kappa shape index (κ2) is 14.1. The van der Waals surface area contributed by atoms with Crippen molar-refractivity contribution in [1.82, 2.24) is 10.3 Å². The van der Waals surface area contributed by atoms with Crippen molar-refractivity contribution in [3.63, 3.8) is 0 Å². The third-order valence-corrected chi connectivity index (χ3v) is 7.58. The molecule has 1 aliphatic heterocycles. The maximum Gasteiger partial charge on any atom is 0.316 e. The molecule has 3 N–H and O–H groups in total. The number of aromatic nitrogens is 1. The number of methoxy groups -OCH3 is 3. The van der Waals surface area contributed by atoms with Crippen LogP contribution in [0, 0.1) is 11.7 Å². The molecule has 11 nitrogen and oxygen atoms in total. The van der Waals surface area contributed by atoms with E-state index in [1.54, 1.807) is 49.7 Å². The Balaban J connectivity index is 1.40. The van der Waals surface area contributed by atoms with E-state index in [9.17, 15) is 9.59 Å². The van der Waals surface area contributed by atoms with Gasteiger partial charge in [0, 0.05) is 35.5 Å². The second-order valence-corrected chi connectivity index (χ2v) is 10.5. The molecule has 45 heavy (non-hydrogen) atoms. The lowest BCUT2D eigenvalue weighted by Crippen LogP contribution is -2.40. The van der Waals surface area contributed by atoms with Crippen molar-refractivity contribution in [2.75, 3.05) is 45.9 Å². The van der Waals surface area contributed by atoms with Gasteiger partial charge < -0.3 is 34.7 Å². The molecule has 2 heterocycles. The van der Waals surface area contributed by atoms with Crippen molar-refractivity contribution in [3.05, 3.63) is 72.2 Å². The quantitative estimate of drug-likeness (QED) is 0.232. The van der Waals surface area contributed by atoms with Crippen LogP contribution in [-0.2, 0) is 16.1 Å². The van der Waals surface area contributed by atoms with Crippen LogP contribution in [0.4, 0.5) is 10.1 Å². The third-order valence-electron chi connectivity index (χ3n) is 7.58. The first kappa shape index (κ1) is 31.3. The minimum atomic E-state index is -1.19. The number of carbonyl (C=O) groups is 2. The molecular weight excluding hydrogens is 583 g/mol. The van der Waals surface area contributed by atoms with Crippen molar-refractivity contribution in [3.8, 4) is 34.5 Å². The monoisotopic (exact) mass is 618 g/mol. The van der Waals surface area contributed by atoms with Gasteiger partial charge in [0.25, 0.3) is 0 Å². The number of halogens is 1. The van der Waals surface area contributed by atoms with Gasteiger partial charge in [0.1, 0.15) is 17.2 Å². The van der Waals surface area contributed by atoms with Crippen molar-refractivity contribution < 1.29 is 37.7 Å². The molecule has 236 valence electrons. The highest BCUT2D eigenvalue weighted by Crippen LogP contribution is 2.38. The topological polar surface area (TPSA) is 134 Å². The summed E-state index contributed by atoms with van der Waals surface area (Å²) in [7, 11) is 4.53. The van der Waals surface area contributed by atoms with E-state index in [0.29, 0.717) is 57.7 Å². The number of anilines is 1. The SMILES string of the molecule is COc1cc(CN(C(=O)C(N)=O)c2ccc(Oc3ccnc4cc(OCC5CCNCC5)c(OC)cc34)c(F)c2)cc(OC)c1. The van der Waals surface area contributed by atoms with Crippen LogP contribution in [0.5, 0.6) is 34.5 Å². The molecule has 5 rings (SSSR count). The number of hydrogen-bond donors (Lipinski definition) is 2. The van der Waals surface area contributed by atoms with Crippen LogP contribution < -0.4 is 39.6 Å². The lowest BCUT2D eigenvalue weighted by Gasteiger charge is -2.23. The number of nitrogens with zero attached hydrogens (tertiary/aromatic N) is 2. The predicted molar refractivity (Wildman–Crippen MR) is 166 cm³/mol. The Morgan fingerprint density at radius 2 is 1.64 bits per heavy atom. The minimum Gasteiger partial charge on any atom is -0.497 e. The van der Waals surface area contributed by atoms with E-state index in [-0.39, 0.29) is 18.0 Å². The fourth-order valence-corrected chi connectivity index (χ4v) is 5.16. The average Bonchev–Trinajstić information content (AvgIpc) is 3.06. The number of rotatable bonds is 11. The van der Waals surface area contributed by atoms with Gasteiger partial charge in [0.2, 0.25) is 0 Å². The van der Waals surface area contributed by atoms with Gasteiger partial charge in [-0.2, -0.15) is 0 Å². The molecule has 2 amide bonds. The smallest absolute Gasteiger partial charge is 0.316 e.